The van der Waals surface area contributed by atoms with Crippen LogP contribution >= 0.6 is 0 Å². The summed E-state index contributed by atoms with van der Waals surface area (Å²) in [4.78, 5) is 36.2. The zero-order valence-electron chi connectivity index (χ0n) is 18.1. The molecular weight excluding hydrogens is 400 g/mol. The van der Waals surface area contributed by atoms with E-state index in [9.17, 15) is 29.7 Å². The third kappa shape index (κ3) is 2.79. The van der Waals surface area contributed by atoms with Gasteiger partial charge in [-0.05, 0) is 60.3 Å². The van der Waals surface area contributed by atoms with E-state index in [1.165, 1.54) is 19.1 Å². The number of hydrogen-bond donors (Lipinski definition) is 3. The van der Waals surface area contributed by atoms with Gasteiger partial charge in [0.2, 0.25) is 5.78 Å². The van der Waals surface area contributed by atoms with Crippen LogP contribution in [0.15, 0.2) is 36.0 Å². The Kier molecular flexibility index (Phi) is 4.96. The number of esters is 1. The Hall–Kier alpha value is -2.09. The summed E-state index contributed by atoms with van der Waals surface area (Å²) in [7, 11) is 0. The van der Waals surface area contributed by atoms with Crippen LogP contribution in [0.3, 0.4) is 0 Å². The Bertz CT molecular complexity index is 932. The highest BCUT2D eigenvalue weighted by molar-refractivity contribution is 6.01. The minimum atomic E-state index is -1.88. The first-order chi connectivity index (χ1) is 14.4. The Morgan fingerprint density at radius 3 is 2.58 bits per heavy atom. The summed E-state index contributed by atoms with van der Waals surface area (Å²) in [6.45, 7) is 8.44. The van der Waals surface area contributed by atoms with Gasteiger partial charge in [0.25, 0.3) is 0 Å². The largest absolute Gasteiger partial charge is 0.458 e. The van der Waals surface area contributed by atoms with Gasteiger partial charge >= 0.3 is 5.97 Å². The van der Waals surface area contributed by atoms with Crippen LogP contribution < -0.4 is 0 Å². The Labute approximate surface area is 181 Å². The molecule has 4 aliphatic rings. The van der Waals surface area contributed by atoms with E-state index >= 15 is 0 Å². The van der Waals surface area contributed by atoms with E-state index in [2.05, 4.69) is 6.58 Å². The number of ether oxygens (including phenoxy) is 1. The van der Waals surface area contributed by atoms with Crippen LogP contribution in [0.2, 0.25) is 0 Å². The van der Waals surface area contributed by atoms with Gasteiger partial charge in [0, 0.05) is 17.8 Å². The Morgan fingerprint density at radius 1 is 1.26 bits per heavy atom. The first-order valence-corrected chi connectivity index (χ1v) is 10.8. The van der Waals surface area contributed by atoms with Crippen LogP contribution in [-0.2, 0) is 19.1 Å². The molecule has 0 spiro atoms. The molecule has 3 fully saturated rings. The molecule has 0 radical (unpaired) electrons. The molecule has 8 atom stereocenters. The molecule has 0 aromatic rings. The molecule has 0 aliphatic heterocycles. The predicted octanol–water partition coefficient (Wildman–Crippen LogP) is 1.27. The molecule has 4 aliphatic carbocycles. The highest BCUT2D eigenvalue weighted by Crippen LogP contribution is 2.68. The van der Waals surface area contributed by atoms with Crippen molar-refractivity contribution in [2.75, 3.05) is 6.61 Å². The molecule has 0 aromatic carbocycles. The highest BCUT2D eigenvalue weighted by Gasteiger charge is 2.69. The van der Waals surface area contributed by atoms with Crippen molar-refractivity contribution in [2.24, 2.45) is 28.6 Å². The van der Waals surface area contributed by atoms with Gasteiger partial charge in [-0.25, -0.2) is 0 Å². The molecular formula is C24H30O7. The van der Waals surface area contributed by atoms with Crippen LogP contribution in [0.5, 0.6) is 0 Å². The van der Waals surface area contributed by atoms with E-state index in [4.69, 9.17) is 4.74 Å². The number of fused-ring (bicyclic) bond motifs is 5. The van der Waals surface area contributed by atoms with Crippen molar-refractivity contribution in [3.05, 3.63) is 36.0 Å². The summed E-state index contributed by atoms with van der Waals surface area (Å²) in [6.07, 6.45) is 3.81. The number of hydrogen-bond acceptors (Lipinski definition) is 7. The van der Waals surface area contributed by atoms with Gasteiger partial charge in [-0.15, -0.1) is 0 Å². The maximum atomic E-state index is 13.0. The molecule has 0 bridgehead atoms. The molecule has 31 heavy (non-hydrogen) atoms. The topological polar surface area (TPSA) is 121 Å². The molecule has 3 N–H and O–H groups in total. The lowest BCUT2D eigenvalue weighted by molar-refractivity contribution is -0.176. The highest BCUT2D eigenvalue weighted by atomic mass is 16.5. The van der Waals surface area contributed by atoms with Crippen molar-refractivity contribution in [2.45, 2.75) is 57.8 Å². The SMILES string of the molecule is C=C1C[C@H]2[C@@H]3[C@@H](O)[C@@H](O)C4=CC(=O)C=C[C@]4(C)[C@H]3CC[C@]2(C)[C@@]1(O)C(=O)COC(C)=O. The van der Waals surface area contributed by atoms with E-state index < -0.39 is 52.9 Å². The van der Waals surface area contributed by atoms with Crippen LogP contribution in [0, 0.1) is 28.6 Å². The van der Waals surface area contributed by atoms with Gasteiger partial charge in [0.15, 0.2) is 18.0 Å². The van der Waals surface area contributed by atoms with Gasteiger partial charge < -0.3 is 20.1 Å². The molecule has 0 saturated heterocycles. The van der Waals surface area contributed by atoms with Gasteiger partial charge in [-0.2, -0.15) is 0 Å². The normalized spacial score (nSPS) is 46.0. The lowest BCUT2D eigenvalue weighted by atomic mass is 9.46. The lowest BCUT2D eigenvalue weighted by Gasteiger charge is -2.60. The van der Waals surface area contributed by atoms with Crippen molar-refractivity contribution < 1.29 is 34.4 Å². The molecule has 4 rings (SSSR count). The Balaban J connectivity index is 1.74. The zero-order chi connectivity index (χ0) is 22.9. The van der Waals surface area contributed by atoms with Crippen molar-refractivity contribution in [3.63, 3.8) is 0 Å². The maximum absolute atomic E-state index is 13.0. The molecule has 0 unspecified atom stereocenters. The van der Waals surface area contributed by atoms with Gasteiger partial charge in [-0.1, -0.05) is 26.5 Å². The zero-order valence-corrected chi connectivity index (χ0v) is 18.1. The summed E-state index contributed by atoms with van der Waals surface area (Å²) >= 11 is 0. The van der Waals surface area contributed by atoms with Crippen LogP contribution in [0.25, 0.3) is 0 Å². The van der Waals surface area contributed by atoms with E-state index in [1.807, 2.05) is 19.9 Å². The number of aliphatic hydroxyl groups excluding tert-OH is 2. The molecule has 0 aromatic heterocycles. The van der Waals surface area contributed by atoms with Crippen molar-refractivity contribution in [1.29, 1.82) is 0 Å². The van der Waals surface area contributed by atoms with Gasteiger partial charge in [0.1, 0.15) is 6.10 Å². The number of allylic oxidation sites excluding steroid dienone is 3. The molecule has 7 nitrogen and oxygen atoms in total. The minimum absolute atomic E-state index is 0.0710. The number of carbonyl (C=O) groups excluding carboxylic acids is 3. The summed E-state index contributed by atoms with van der Waals surface area (Å²) in [5.74, 6) is -2.21. The van der Waals surface area contributed by atoms with E-state index in [0.717, 1.165) is 0 Å². The average molecular weight is 430 g/mol. The smallest absolute Gasteiger partial charge is 0.303 e. The fraction of sp³-hybridized carbons (Fsp3) is 0.625. The van der Waals surface area contributed by atoms with Crippen LogP contribution in [0.4, 0.5) is 0 Å². The quantitative estimate of drug-likeness (QED) is 0.455. The van der Waals surface area contributed by atoms with Crippen LogP contribution in [-0.4, -0.2) is 57.3 Å². The first kappa shape index (κ1) is 22.1. The minimum Gasteiger partial charge on any atom is -0.458 e. The summed E-state index contributed by atoms with van der Waals surface area (Å²) < 4.78 is 4.87. The van der Waals surface area contributed by atoms with E-state index in [1.54, 1.807) is 0 Å². The second-order valence-corrected chi connectivity index (χ2v) is 10.0. The number of rotatable bonds is 3. The van der Waals surface area contributed by atoms with Crippen LogP contribution in [0.1, 0.15) is 40.0 Å². The molecule has 168 valence electrons. The Morgan fingerprint density at radius 2 is 1.94 bits per heavy atom. The molecule has 3 saturated carbocycles. The van der Waals surface area contributed by atoms with Crippen molar-refractivity contribution >= 4 is 17.5 Å². The molecule has 0 amide bonds. The van der Waals surface area contributed by atoms with Gasteiger partial charge in [-0.3, -0.25) is 14.4 Å². The average Bonchev–Trinajstić information content (AvgIpc) is 2.92. The summed E-state index contributed by atoms with van der Waals surface area (Å²) in [5, 5.41) is 33.7. The number of Topliss-reactive ketones (excluding diaryl/α,β-unsaturated/α-hetero) is 1. The fourth-order valence-electron chi connectivity index (χ4n) is 6.97. The monoisotopic (exact) mass is 430 g/mol. The summed E-state index contributed by atoms with van der Waals surface area (Å²) in [6, 6.07) is 0. The first-order valence-electron chi connectivity index (χ1n) is 10.8. The predicted molar refractivity (Wildman–Crippen MR) is 111 cm³/mol. The number of ketones is 2. The van der Waals surface area contributed by atoms with E-state index in [-0.39, 0.29) is 17.6 Å². The number of aliphatic hydroxyl groups is 3. The molecule has 0 heterocycles. The van der Waals surface area contributed by atoms with Crippen molar-refractivity contribution in [3.8, 4) is 0 Å². The standard InChI is InChI=1S/C24H30O7/c1-12-9-16-19-15(22(3)7-5-14(26)10-17(22)20(28)21(19)29)6-8-23(16,4)24(12,30)18(27)11-31-13(2)25/h5,7,10,15-16,19-21,28-30H,1,6,8-9,11H2,2-4H3/t15-,16-,19+,20-,21+,22+,23-,24-/m0/s1. The summed E-state index contributed by atoms with van der Waals surface area (Å²) in [5.41, 5.74) is -2.52. The van der Waals surface area contributed by atoms with Crippen molar-refractivity contribution in [1.82, 2.24) is 0 Å². The number of carbonyl (C=O) groups is 3. The molecule has 7 heteroatoms. The second kappa shape index (κ2) is 6.95. The van der Waals surface area contributed by atoms with E-state index in [0.29, 0.717) is 30.4 Å². The lowest BCUT2D eigenvalue weighted by Crippen LogP contribution is -2.63. The fourth-order valence-corrected chi connectivity index (χ4v) is 6.97. The third-order valence-electron chi connectivity index (χ3n) is 8.66. The van der Waals surface area contributed by atoms with Gasteiger partial charge in [0.05, 0.1) is 6.10 Å². The second-order valence-electron chi connectivity index (χ2n) is 10.0. The maximum Gasteiger partial charge on any atom is 0.303 e. The third-order valence-corrected chi connectivity index (χ3v) is 8.66.